The molecule has 0 aliphatic carbocycles. The smallest absolute Gasteiger partial charge is 0.289 e. The molecule has 0 aromatic heterocycles. The molecule has 1 aromatic carbocycles. The van der Waals surface area contributed by atoms with Crippen LogP contribution < -0.4 is 4.74 Å². The second-order valence-electron chi connectivity index (χ2n) is 3.66. The molecule has 0 unspecified atom stereocenters. The highest BCUT2D eigenvalue weighted by Gasteiger charge is 2.29. The minimum atomic E-state index is -0.207. The molecule has 2 rings (SSSR count). The van der Waals surface area contributed by atoms with Crippen molar-refractivity contribution in [3.8, 4) is 5.75 Å². The van der Waals surface area contributed by atoms with Gasteiger partial charge in [-0.25, -0.2) is 0 Å². The van der Waals surface area contributed by atoms with Gasteiger partial charge in [-0.1, -0.05) is 23.9 Å². The van der Waals surface area contributed by atoms with E-state index in [1.165, 1.54) is 4.90 Å². The number of imide groups is 1. The molecule has 5 nitrogen and oxygen atoms in total. The van der Waals surface area contributed by atoms with Crippen molar-refractivity contribution in [2.45, 2.75) is 6.54 Å². The fourth-order valence-electron chi connectivity index (χ4n) is 1.54. The predicted molar refractivity (Wildman–Crippen MR) is 66.4 cm³/mol. The number of ether oxygens (including phenoxy) is 1. The number of carbonyl (C=O) groups excluding carboxylic acids is 3. The van der Waals surface area contributed by atoms with Crippen molar-refractivity contribution in [1.82, 2.24) is 4.90 Å². The molecule has 94 valence electrons. The molecule has 0 atom stereocenters. The van der Waals surface area contributed by atoms with Gasteiger partial charge in [0.25, 0.3) is 5.24 Å². The van der Waals surface area contributed by atoms with E-state index in [0.29, 0.717) is 12.0 Å². The predicted octanol–water partition coefficient (Wildman–Crippen LogP) is 1.46. The van der Waals surface area contributed by atoms with Gasteiger partial charge < -0.3 is 4.74 Å². The Bertz CT molecular complexity index is 455. The third-order valence-corrected chi connectivity index (χ3v) is 3.28. The summed E-state index contributed by atoms with van der Waals surface area (Å²) in [6.07, 6.45) is 0.673. The first-order valence-electron chi connectivity index (χ1n) is 5.33. The SMILES string of the molecule is O=CCOc1ccc(CN2C(=O)CSC2=O)cc1. The van der Waals surface area contributed by atoms with E-state index in [1.54, 1.807) is 24.3 Å². The van der Waals surface area contributed by atoms with E-state index in [0.717, 1.165) is 17.3 Å². The van der Waals surface area contributed by atoms with Crippen molar-refractivity contribution in [1.29, 1.82) is 0 Å². The minimum Gasteiger partial charge on any atom is -0.486 e. The molecule has 1 aliphatic heterocycles. The normalized spacial score (nSPS) is 15.0. The molecule has 18 heavy (non-hydrogen) atoms. The summed E-state index contributed by atoms with van der Waals surface area (Å²) in [7, 11) is 0. The van der Waals surface area contributed by atoms with Gasteiger partial charge in [0.15, 0.2) is 6.29 Å². The molecule has 2 amide bonds. The molecule has 1 fully saturated rings. The van der Waals surface area contributed by atoms with Crippen molar-refractivity contribution in [2.24, 2.45) is 0 Å². The maximum absolute atomic E-state index is 11.4. The van der Waals surface area contributed by atoms with Crippen LogP contribution in [0, 0.1) is 0 Å². The lowest BCUT2D eigenvalue weighted by Crippen LogP contribution is -2.27. The summed E-state index contributed by atoms with van der Waals surface area (Å²) in [4.78, 5) is 34.2. The molecular formula is C12H11NO4S. The Kier molecular flexibility index (Phi) is 3.99. The zero-order valence-electron chi connectivity index (χ0n) is 9.50. The zero-order chi connectivity index (χ0) is 13.0. The highest BCUT2D eigenvalue weighted by atomic mass is 32.2. The molecule has 0 bridgehead atoms. The summed E-state index contributed by atoms with van der Waals surface area (Å²) >= 11 is 1.02. The number of benzene rings is 1. The van der Waals surface area contributed by atoms with E-state index in [9.17, 15) is 14.4 Å². The summed E-state index contributed by atoms with van der Waals surface area (Å²) < 4.78 is 5.10. The van der Waals surface area contributed by atoms with E-state index >= 15 is 0 Å². The maximum Gasteiger partial charge on any atom is 0.289 e. The molecule has 1 heterocycles. The summed E-state index contributed by atoms with van der Waals surface area (Å²) in [6.45, 7) is 0.289. The quantitative estimate of drug-likeness (QED) is 0.754. The first-order chi connectivity index (χ1) is 8.70. The lowest BCUT2D eigenvalue weighted by Gasteiger charge is -2.12. The van der Waals surface area contributed by atoms with Crippen molar-refractivity contribution < 1.29 is 19.1 Å². The van der Waals surface area contributed by atoms with Crippen LogP contribution >= 0.6 is 11.8 Å². The molecule has 1 aromatic rings. The highest BCUT2D eigenvalue weighted by molar-refractivity contribution is 8.14. The van der Waals surface area contributed by atoms with Crippen LogP contribution in [0.15, 0.2) is 24.3 Å². The monoisotopic (exact) mass is 265 g/mol. The fraction of sp³-hybridized carbons (Fsp3) is 0.250. The van der Waals surface area contributed by atoms with Gasteiger partial charge in [-0.05, 0) is 17.7 Å². The molecule has 0 spiro atoms. The molecule has 0 saturated carbocycles. The number of aldehydes is 1. The molecule has 1 saturated heterocycles. The van der Waals surface area contributed by atoms with E-state index < -0.39 is 0 Å². The van der Waals surface area contributed by atoms with Gasteiger partial charge in [0.05, 0.1) is 12.3 Å². The number of amides is 2. The van der Waals surface area contributed by atoms with Crippen molar-refractivity contribution in [3.63, 3.8) is 0 Å². The van der Waals surface area contributed by atoms with Crippen LogP contribution in [0.25, 0.3) is 0 Å². The Hall–Kier alpha value is -1.82. The number of carbonyl (C=O) groups is 3. The van der Waals surface area contributed by atoms with Crippen molar-refractivity contribution >= 4 is 29.2 Å². The van der Waals surface area contributed by atoms with Gasteiger partial charge in [-0.15, -0.1) is 0 Å². The number of hydrogen-bond acceptors (Lipinski definition) is 5. The Labute approximate surface area is 108 Å². The van der Waals surface area contributed by atoms with Crippen LogP contribution in [0.4, 0.5) is 4.79 Å². The Morgan fingerprint density at radius 1 is 1.28 bits per heavy atom. The van der Waals surface area contributed by atoms with E-state index in [1.807, 2.05) is 0 Å². The summed E-state index contributed by atoms with van der Waals surface area (Å²) in [5.41, 5.74) is 0.845. The third kappa shape index (κ3) is 2.89. The minimum absolute atomic E-state index is 0.0130. The van der Waals surface area contributed by atoms with E-state index in [4.69, 9.17) is 4.74 Å². The number of thioether (sulfide) groups is 1. The summed E-state index contributed by atoms with van der Waals surface area (Å²) in [5.74, 6) is 0.643. The van der Waals surface area contributed by atoms with Gasteiger partial charge in [0, 0.05) is 0 Å². The lowest BCUT2D eigenvalue weighted by molar-refractivity contribution is -0.125. The second-order valence-corrected chi connectivity index (χ2v) is 4.58. The van der Waals surface area contributed by atoms with Crippen molar-refractivity contribution in [2.75, 3.05) is 12.4 Å². The summed E-state index contributed by atoms with van der Waals surface area (Å²) in [6, 6.07) is 6.95. The van der Waals surface area contributed by atoms with Crippen LogP contribution in [0.5, 0.6) is 5.75 Å². The topological polar surface area (TPSA) is 63.7 Å². The van der Waals surface area contributed by atoms with Crippen LogP contribution in [0.3, 0.4) is 0 Å². The number of nitrogens with zero attached hydrogens (tertiary/aromatic N) is 1. The van der Waals surface area contributed by atoms with Crippen LogP contribution in [0.2, 0.25) is 0 Å². The zero-order valence-corrected chi connectivity index (χ0v) is 10.3. The lowest BCUT2D eigenvalue weighted by atomic mass is 10.2. The second kappa shape index (κ2) is 5.68. The van der Waals surface area contributed by atoms with Crippen LogP contribution in [-0.4, -0.2) is 34.7 Å². The fourth-order valence-corrected chi connectivity index (χ4v) is 2.26. The van der Waals surface area contributed by atoms with Gasteiger partial charge >= 0.3 is 0 Å². The average Bonchev–Trinajstić information content (AvgIpc) is 2.70. The Morgan fingerprint density at radius 3 is 2.56 bits per heavy atom. The third-order valence-electron chi connectivity index (χ3n) is 2.42. The van der Waals surface area contributed by atoms with Gasteiger partial charge in [0.1, 0.15) is 12.4 Å². The average molecular weight is 265 g/mol. The maximum atomic E-state index is 11.4. The molecule has 6 heteroatoms. The molecule has 0 N–H and O–H groups in total. The van der Waals surface area contributed by atoms with Gasteiger partial charge in [0.2, 0.25) is 5.91 Å². The van der Waals surface area contributed by atoms with Crippen molar-refractivity contribution in [3.05, 3.63) is 29.8 Å². The number of rotatable bonds is 5. The summed E-state index contributed by atoms with van der Waals surface area (Å²) in [5, 5.41) is -0.207. The Morgan fingerprint density at radius 2 is 2.00 bits per heavy atom. The van der Waals surface area contributed by atoms with Gasteiger partial charge in [-0.3, -0.25) is 19.3 Å². The number of hydrogen-bond donors (Lipinski definition) is 0. The first-order valence-corrected chi connectivity index (χ1v) is 6.32. The molecule has 0 radical (unpaired) electrons. The molecular weight excluding hydrogens is 254 g/mol. The van der Waals surface area contributed by atoms with E-state index in [2.05, 4.69) is 0 Å². The van der Waals surface area contributed by atoms with Gasteiger partial charge in [-0.2, -0.15) is 0 Å². The largest absolute Gasteiger partial charge is 0.486 e. The van der Waals surface area contributed by atoms with Crippen LogP contribution in [0.1, 0.15) is 5.56 Å². The Balaban J connectivity index is 1.99. The van der Waals surface area contributed by atoms with Crippen LogP contribution in [-0.2, 0) is 16.1 Å². The molecule has 1 aliphatic rings. The standard InChI is InChI=1S/C12H11NO4S/c14-5-6-17-10-3-1-9(2-4-10)7-13-11(15)8-18-12(13)16/h1-5H,6-8H2. The highest BCUT2D eigenvalue weighted by Crippen LogP contribution is 2.22. The first kappa shape index (κ1) is 12.6. The van der Waals surface area contributed by atoms with E-state index in [-0.39, 0.29) is 30.1 Å².